The Morgan fingerprint density at radius 2 is 1.87 bits per heavy atom. The van der Waals surface area contributed by atoms with Gasteiger partial charge in [-0.15, -0.1) is 4.83 Å². The number of aromatic nitrogens is 2. The van der Waals surface area contributed by atoms with Crippen molar-refractivity contribution in [3.05, 3.63) is 30.1 Å². The number of fused-ring (bicyclic) bond motifs is 1. The Morgan fingerprint density at radius 3 is 2.52 bits per heavy atom. The summed E-state index contributed by atoms with van der Waals surface area (Å²) in [6.07, 6.45) is -3.62. The fourth-order valence-electron chi connectivity index (χ4n) is 1.81. The number of halogens is 3. The maximum Gasteiger partial charge on any atom is 0.451 e. The quantitative estimate of drug-likeness (QED) is 0.784. The molecule has 0 aliphatic heterocycles. The van der Waals surface area contributed by atoms with Crippen LogP contribution in [0, 0.1) is 0 Å². The number of nitrogens with zero attached hydrogens (tertiary/aromatic N) is 2. The second-order valence-corrected chi connectivity index (χ2v) is 6.65. The molecule has 0 radical (unpaired) electrons. The minimum Gasteiger partial charge on any atom is -0.292 e. The zero-order valence-electron chi connectivity index (χ0n) is 12.2. The van der Waals surface area contributed by atoms with E-state index in [1.54, 1.807) is 6.07 Å². The van der Waals surface area contributed by atoms with Crippen LogP contribution < -0.4 is 10.3 Å². The molecule has 10 heteroatoms. The summed E-state index contributed by atoms with van der Waals surface area (Å²) in [5.74, 6) is -1.72. The van der Waals surface area contributed by atoms with Crippen molar-refractivity contribution in [1.82, 2.24) is 14.8 Å². The molecule has 0 spiro atoms. The van der Waals surface area contributed by atoms with Crippen LogP contribution in [0.3, 0.4) is 0 Å². The molecule has 0 fully saturated rings. The Kier molecular flexibility index (Phi) is 5.05. The van der Waals surface area contributed by atoms with Gasteiger partial charge in [-0.3, -0.25) is 5.43 Å². The molecule has 0 saturated carbocycles. The van der Waals surface area contributed by atoms with Gasteiger partial charge in [0.15, 0.2) is 5.82 Å². The van der Waals surface area contributed by atoms with Gasteiger partial charge in [-0.05, 0) is 18.6 Å². The van der Waals surface area contributed by atoms with Gasteiger partial charge in [0.25, 0.3) is 0 Å². The number of hydrogen-bond acceptors (Lipinski definition) is 5. The van der Waals surface area contributed by atoms with Crippen LogP contribution in [0.2, 0.25) is 0 Å². The molecular formula is C13H15F3N4O2S. The molecule has 6 nitrogen and oxygen atoms in total. The summed E-state index contributed by atoms with van der Waals surface area (Å²) in [6.45, 7) is 1.83. The predicted molar refractivity (Wildman–Crippen MR) is 80.0 cm³/mol. The Hall–Kier alpha value is -1.94. The molecule has 0 aliphatic carbocycles. The summed E-state index contributed by atoms with van der Waals surface area (Å²) in [6, 6.07) is 6.02. The number of para-hydroxylation sites is 1. The standard InChI is InChI=1S/C13H15F3N4O2S/c1-2-3-8-23(21,22)20-19-11-9-6-4-5-7-10(9)17-12(18-11)13(14,15)16/h4-7,20H,2-3,8H2,1H3,(H,17,18,19). The first kappa shape index (κ1) is 17.4. The third kappa shape index (κ3) is 4.52. The number of sulfonamides is 1. The minimum atomic E-state index is -4.73. The van der Waals surface area contributed by atoms with Crippen LogP contribution in [0.15, 0.2) is 24.3 Å². The molecule has 0 unspecified atom stereocenters. The fourth-order valence-corrected chi connectivity index (χ4v) is 2.83. The topological polar surface area (TPSA) is 84.0 Å². The first-order valence-electron chi connectivity index (χ1n) is 6.82. The maximum absolute atomic E-state index is 12.8. The summed E-state index contributed by atoms with van der Waals surface area (Å²) < 4.78 is 62.0. The van der Waals surface area contributed by atoms with Crippen molar-refractivity contribution in [3.63, 3.8) is 0 Å². The van der Waals surface area contributed by atoms with E-state index in [9.17, 15) is 21.6 Å². The Bertz CT molecular complexity index is 793. The largest absolute Gasteiger partial charge is 0.451 e. The van der Waals surface area contributed by atoms with Crippen LogP contribution >= 0.6 is 0 Å². The molecule has 0 atom stereocenters. The van der Waals surface area contributed by atoms with Gasteiger partial charge in [0.05, 0.1) is 11.3 Å². The molecular weight excluding hydrogens is 333 g/mol. The van der Waals surface area contributed by atoms with Crippen LogP contribution in [0.4, 0.5) is 19.0 Å². The van der Waals surface area contributed by atoms with Crippen molar-refractivity contribution in [3.8, 4) is 0 Å². The van der Waals surface area contributed by atoms with Gasteiger partial charge in [-0.2, -0.15) is 13.2 Å². The molecule has 23 heavy (non-hydrogen) atoms. The number of nitrogens with one attached hydrogen (secondary N) is 2. The molecule has 2 aromatic rings. The van der Waals surface area contributed by atoms with Crippen molar-refractivity contribution in [1.29, 1.82) is 0 Å². The first-order valence-corrected chi connectivity index (χ1v) is 8.47. The van der Waals surface area contributed by atoms with Crippen LogP contribution in [0.25, 0.3) is 10.9 Å². The first-order chi connectivity index (χ1) is 10.7. The molecule has 0 amide bonds. The van der Waals surface area contributed by atoms with E-state index >= 15 is 0 Å². The summed E-state index contributed by atoms with van der Waals surface area (Å²) in [4.78, 5) is 8.87. The molecule has 1 aromatic carbocycles. The summed E-state index contributed by atoms with van der Waals surface area (Å²) in [7, 11) is -3.66. The summed E-state index contributed by atoms with van der Waals surface area (Å²) >= 11 is 0. The molecule has 2 rings (SSSR count). The smallest absolute Gasteiger partial charge is 0.292 e. The zero-order chi connectivity index (χ0) is 17.1. The maximum atomic E-state index is 12.8. The number of rotatable bonds is 6. The Labute approximate surface area is 131 Å². The van der Waals surface area contributed by atoms with E-state index in [4.69, 9.17) is 0 Å². The van der Waals surface area contributed by atoms with Crippen LogP contribution in [0.5, 0.6) is 0 Å². The number of unbranched alkanes of at least 4 members (excludes halogenated alkanes) is 1. The summed E-state index contributed by atoms with van der Waals surface area (Å²) in [5.41, 5.74) is 2.32. The lowest BCUT2D eigenvalue weighted by Crippen LogP contribution is -2.32. The van der Waals surface area contributed by atoms with E-state index in [0.717, 1.165) is 0 Å². The lowest BCUT2D eigenvalue weighted by Gasteiger charge is -2.13. The molecule has 1 heterocycles. The van der Waals surface area contributed by atoms with Gasteiger partial charge < -0.3 is 0 Å². The third-order valence-corrected chi connectivity index (χ3v) is 4.19. The predicted octanol–water partition coefficient (Wildman–Crippen LogP) is 2.70. The number of hydrogen-bond donors (Lipinski definition) is 2. The number of alkyl halides is 3. The molecule has 1 aromatic heterocycles. The van der Waals surface area contributed by atoms with E-state index in [1.807, 2.05) is 11.8 Å². The van der Waals surface area contributed by atoms with Crippen molar-refractivity contribution < 1.29 is 21.6 Å². The highest BCUT2D eigenvalue weighted by atomic mass is 32.2. The van der Waals surface area contributed by atoms with E-state index in [0.29, 0.717) is 12.8 Å². The van der Waals surface area contributed by atoms with Gasteiger partial charge in [-0.1, -0.05) is 25.5 Å². The van der Waals surface area contributed by atoms with E-state index in [-0.39, 0.29) is 22.5 Å². The molecule has 126 valence electrons. The van der Waals surface area contributed by atoms with Crippen LogP contribution in [0.1, 0.15) is 25.6 Å². The highest BCUT2D eigenvalue weighted by Gasteiger charge is 2.35. The normalized spacial score (nSPS) is 12.5. The summed E-state index contributed by atoms with van der Waals surface area (Å²) in [5, 5.41) is 0.277. The highest BCUT2D eigenvalue weighted by Crippen LogP contribution is 2.29. The Balaban J connectivity index is 2.35. The Morgan fingerprint density at radius 1 is 1.17 bits per heavy atom. The van der Waals surface area contributed by atoms with Crippen molar-refractivity contribution in [2.24, 2.45) is 0 Å². The number of hydrazine groups is 1. The number of anilines is 1. The molecule has 0 aliphatic rings. The van der Waals surface area contributed by atoms with E-state index in [2.05, 4.69) is 15.4 Å². The fraction of sp³-hybridized carbons (Fsp3) is 0.385. The van der Waals surface area contributed by atoms with Crippen molar-refractivity contribution in [2.45, 2.75) is 25.9 Å². The zero-order valence-corrected chi connectivity index (χ0v) is 13.0. The van der Waals surface area contributed by atoms with E-state index < -0.39 is 22.0 Å². The third-order valence-electron chi connectivity index (χ3n) is 2.95. The van der Waals surface area contributed by atoms with Crippen molar-refractivity contribution >= 4 is 26.7 Å². The second kappa shape index (κ2) is 6.67. The second-order valence-electron chi connectivity index (χ2n) is 4.81. The SMILES string of the molecule is CCCCS(=O)(=O)NNc1nc(C(F)(F)F)nc2ccccc12. The van der Waals surface area contributed by atoms with Gasteiger partial charge in [-0.25, -0.2) is 18.4 Å². The van der Waals surface area contributed by atoms with E-state index in [1.165, 1.54) is 18.2 Å². The molecule has 0 saturated heterocycles. The monoisotopic (exact) mass is 348 g/mol. The average molecular weight is 348 g/mol. The molecule has 0 bridgehead atoms. The molecule has 2 N–H and O–H groups in total. The van der Waals surface area contributed by atoms with Gasteiger partial charge >= 0.3 is 6.18 Å². The number of benzene rings is 1. The lowest BCUT2D eigenvalue weighted by molar-refractivity contribution is -0.144. The van der Waals surface area contributed by atoms with Gasteiger partial charge in [0, 0.05) is 5.39 Å². The minimum absolute atomic E-state index is 0.0603. The van der Waals surface area contributed by atoms with Gasteiger partial charge in [0.2, 0.25) is 15.8 Å². The lowest BCUT2D eigenvalue weighted by atomic mass is 10.2. The van der Waals surface area contributed by atoms with Crippen LogP contribution in [-0.4, -0.2) is 24.1 Å². The average Bonchev–Trinajstić information content (AvgIpc) is 2.49. The highest BCUT2D eigenvalue weighted by molar-refractivity contribution is 7.89. The van der Waals surface area contributed by atoms with Crippen LogP contribution in [-0.2, 0) is 16.2 Å². The van der Waals surface area contributed by atoms with Gasteiger partial charge in [0.1, 0.15) is 0 Å². The van der Waals surface area contributed by atoms with Crippen molar-refractivity contribution in [2.75, 3.05) is 11.2 Å².